The Bertz CT molecular complexity index is 464. The molecule has 1 aliphatic rings. The lowest BCUT2D eigenvalue weighted by atomic mass is 10.1. The van der Waals surface area contributed by atoms with E-state index >= 15 is 0 Å². The van der Waals surface area contributed by atoms with Gasteiger partial charge in [-0.3, -0.25) is 4.18 Å². The van der Waals surface area contributed by atoms with Gasteiger partial charge in [0.15, 0.2) is 0 Å². The monoisotopic (exact) mass is 299 g/mol. The van der Waals surface area contributed by atoms with Crippen LogP contribution in [0.2, 0.25) is 0 Å². The molecule has 0 aromatic rings. The first-order chi connectivity index (χ1) is 7.54. The predicted molar refractivity (Wildman–Crippen MR) is 47.3 cm³/mol. The zero-order valence-electron chi connectivity index (χ0n) is 8.10. The number of alkyl halides is 3. The molecule has 1 aliphatic heterocycles. The van der Waals surface area contributed by atoms with Crippen LogP contribution in [0.3, 0.4) is 0 Å². The van der Waals surface area contributed by atoms with Crippen molar-refractivity contribution >= 4 is 20.3 Å². The summed E-state index contributed by atoms with van der Waals surface area (Å²) in [5, 5.41) is 0. The van der Waals surface area contributed by atoms with Crippen LogP contribution in [-0.4, -0.2) is 42.2 Å². The van der Waals surface area contributed by atoms with E-state index in [0.29, 0.717) is 4.13 Å². The van der Waals surface area contributed by atoms with Crippen LogP contribution < -0.4 is 4.13 Å². The minimum absolute atomic E-state index is 0.210. The molecule has 0 saturated carbocycles. The number of nitrogens with one attached hydrogen (secondary N) is 1. The molecule has 17 heavy (non-hydrogen) atoms. The Morgan fingerprint density at radius 1 is 1.24 bits per heavy atom. The zero-order valence-corrected chi connectivity index (χ0v) is 9.73. The van der Waals surface area contributed by atoms with Gasteiger partial charge in [0.05, 0.1) is 19.8 Å². The van der Waals surface area contributed by atoms with Crippen molar-refractivity contribution in [2.45, 2.75) is 5.51 Å². The quantitative estimate of drug-likeness (QED) is 0.723. The van der Waals surface area contributed by atoms with Gasteiger partial charge >= 0.3 is 25.8 Å². The van der Waals surface area contributed by atoms with Gasteiger partial charge in [-0.1, -0.05) is 4.13 Å². The Kier molecular flexibility index (Phi) is 4.03. The van der Waals surface area contributed by atoms with Crippen molar-refractivity contribution in [3.8, 4) is 0 Å². The molecule has 0 aliphatic carbocycles. The van der Waals surface area contributed by atoms with Crippen LogP contribution in [0.25, 0.3) is 0 Å². The van der Waals surface area contributed by atoms with Crippen LogP contribution in [0.1, 0.15) is 0 Å². The molecular weight excluding hydrogens is 291 g/mol. The normalized spacial score (nSPS) is 19.0. The molecule has 1 N–H and O–H groups in total. The molecule has 1 heterocycles. The highest BCUT2D eigenvalue weighted by Gasteiger charge is 2.48. The maximum absolute atomic E-state index is 11.8. The van der Waals surface area contributed by atoms with Crippen LogP contribution in [0, 0.1) is 5.92 Å². The first-order valence-corrected chi connectivity index (χ1v) is 6.99. The molecule has 0 bridgehead atoms. The van der Waals surface area contributed by atoms with Gasteiger partial charge in [0.1, 0.15) is 0 Å². The highest BCUT2D eigenvalue weighted by atomic mass is 32.3. The SMILES string of the molecule is O=S(=O)(NS(=O)(=O)C(F)(F)F)OCC1COC1. The van der Waals surface area contributed by atoms with Crippen molar-refractivity contribution in [2.24, 2.45) is 5.92 Å². The number of hydrogen-bond donors (Lipinski definition) is 1. The maximum atomic E-state index is 11.8. The molecule has 0 aromatic carbocycles. The number of hydrogen-bond acceptors (Lipinski definition) is 6. The first kappa shape index (κ1) is 14.6. The standard InChI is InChI=1S/C5H8F3NO6S2/c6-5(7,8)16(10,11)9-17(12,13)15-3-4-1-14-2-4/h4,9H,1-3H2. The largest absolute Gasteiger partial charge is 0.512 e. The van der Waals surface area contributed by atoms with E-state index in [4.69, 9.17) is 0 Å². The van der Waals surface area contributed by atoms with Crippen LogP contribution in [-0.2, 0) is 29.2 Å². The summed E-state index contributed by atoms with van der Waals surface area (Å²) < 4.78 is 87.4. The van der Waals surface area contributed by atoms with E-state index in [2.05, 4.69) is 8.92 Å². The molecule has 0 amide bonds. The van der Waals surface area contributed by atoms with Crippen molar-refractivity contribution in [1.29, 1.82) is 0 Å². The third-order valence-electron chi connectivity index (χ3n) is 1.68. The zero-order chi connectivity index (χ0) is 13.3. The summed E-state index contributed by atoms with van der Waals surface area (Å²) in [7, 11) is -11.0. The molecule has 102 valence electrons. The summed E-state index contributed by atoms with van der Waals surface area (Å²) in [4.78, 5) is 0. The van der Waals surface area contributed by atoms with Gasteiger partial charge in [-0.25, -0.2) is 8.42 Å². The van der Waals surface area contributed by atoms with E-state index in [1.54, 1.807) is 0 Å². The van der Waals surface area contributed by atoms with Crippen LogP contribution in [0.5, 0.6) is 0 Å². The molecule has 0 aromatic heterocycles. The molecule has 0 unspecified atom stereocenters. The average molecular weight is 299 g/mol. The lowest BCUT2D eigenvalue weighted by Gasteiger charge is -2.25. The minimum atomic E-state index is -5.99. The maximum Gasteiger partial charge on any atom is 0.512 e. The lowest BCUT2D eigenvalue weighted by Crippen LogP contribution is -2.42. The summed E-state index contributed by atoms with van der Waals surface area (Å²) in [5.74, 6) is -0.278. The van der Waals surface area contributed by atoms with Gasteiger partial charge in [-0.15, -0.1) is 0 Å². The van der Waals surface area contributed by atoms with Gasteiger partial charge in [-0.05, 0) is 0 Å². The fourth-order valence-corrected chi connectivity index (χ4v) is 2.79. The van der Waals surface area contributed by atoms with E-state index in [1.807, 2.05) is 0 Å². The van der Waals surface area contributed by atoms with Gasteiger partial charge in [-0.2, -0.15) is 21.6 Å². The number of sulfonamides is 1. The number of halogens is 3. The topological polar surface area (TPSA) is 98.8 Å². The minimum Gasteiger partial charge on any atom is -0.381 e. The van der Waals surface area contributed by atoms with Crippen molar-refractivity contribution in [3.05, 3.63) is 0 Å². The number of rotatable bonds is 5. The van der Waals surface area contributed by atoms with Crippen molar-refractivity contribution < 1.29 is 38.9 Å². The molecule has 1 fully saturated rings. The second-order valence-electron chi connectivity index (χ2n) is 3.17. The van der Waals surface area contributed by atoms with Crippen molar-refractivity contribution in [1.82, 2.24) is 4.13 Å². The Labute approximate surface area is 95.2 Å². The van der Waals surface area contributed by atoms with Gasteiger partial charge in [0, 0.05) is 5.92 Å². The lowest BCUT2D eigenvalue weighted by molar-refractivity contribution is -0.0505. The summed E-state index contributed by atoms with van der Waals surface area (Å²) in [6.07, 6.45) is 0. The van der Waals surface area contributed by atoms with Crippen LogP contribution in [0.4, 0.5) is 13.2 Å². The van der Waals surface area contributed by atoms with E-state index in [0.717, 1.165) is 0 Å². The van der Waals surface area contributed by atoms with E-state index in [-0.39, 0.29) is 19.1 Å². The molecule has 0 atom stereocenters. The second-order valence-corrected chi connectivity index (χ2v) is 6.46. The van der Waals surface area contributed by atoms with Crippen molar-refractivity contribution in [3.63, 3.8) is 0 Å². The van der Waals surface area contributed by atoms with Crippen LogP contribution in [0.15, 0.2) is 0 Å². The predicted octanol–water partition coefficient (Wildman–Crippen LogP) is -0.667. The van der Waals surface area contributed by atoms with E-state index in [1.165, 1.54) is 0 Å². The molecule has 0 spiro atoms. The molecule has 12 heteroatoms. The molecule has 1 saturated heterocycles. The Hall–Kier alpha value is -0.430. The fraction of sp³-hybridized carbons (Fsp3) is 1.00. The number of ether oxygens (including phenoxy) is 1. The highest BCUT2D eigenvalue weighted by Crippen LogP contribution is 2.22. The summed E-state index contributed by atoms with van der Waals surface area (Å²) in [6, 6.07) is 0. The second kappa shape index (κ2) is 4.68. The third-order valence-corrected chi connectivity index (χ3v) is 4.43. The summed E-state index contributed by atoms with van der Waals surface area (Å²) >= 11 is 0. The van der Waals surface area contributed by atoms with Gasteiger partial charge in [0.2, 0.25) is 0 Å². The summed E-state index contributed by atoms with van der Waals surface area (Å²) in [5.41, 5.74) is -5.72. The van der Waals surface area contributed by atoms with Crippen molar-refractivity contribution in [2.75, 3.05) is 19.8 Å². The first-order valence-electron chi connectivity index (χ1n) is 4.10. The average Bonchev–Trinajstić information content (AvgIpc) is 1.95. The molecule has 7 nitrogen and oxygen atoms in total. The Balaban J connectivity index is 2.60. The van der Waals surface area contributed by atoms with E-state index in [9.17, 15) is 30.0 Å². The Morgan fingerprint density at radius 2 is 1.76 bits per heavy atom. The summed E-state index contributed by atoms with van der Waals surface area (Å²) in [6.45, 7) is -0.0220. The highest BCUT2D eigenvalue weighted by molar-refractivity contribution is 8.03. The third kappa shape index (κ3) is 4.06. The fourth-order valence-electron chi connectivity index (χ4n) is 0.772. The van der Waals surface area contributed by atoms with E-state index < -0.39 is 32.4 Å². The molecular formula is C5H8F3NO6S2. The Morgan fingerprint density at radius 3 is 2.12 bits per heavy atom. The van der Waals surface area contributed by atoms with Crippen LogP contribution >= 0.6 is 0 Å². The van der Waals surface area contributed by atoms with Gasteiger partial charge in [0.25, 0.3) is 0 Å². The molecule has 0 radical (unpaired) electrons. The molecule has 1 rings (SSSR count). The van der Waals surface area contributed by atoms with Gasteiger partial charge < -0.3 is 4.74 Å². The smallest absolute Gasteiger partial charge is 0.381 e.